The van der Waals surface area contributed by atoms with Crippen molar-refractivity contribution in [2.75, 3.05) is 19.7 Å². The van der Waals surface area contributed by atoms with Gasteiger partial charge in [0.05, 0.1) is 23.4 Å². The Morgan fingerprint density at radius 2 is 2.24 bits per heavy atom. The first-order valence-electron chi connectivity index (χ1n) is 9.16. The average molecular weight is 359 g/mol. The van der Waals surface area contributed by atoms with Crippen LogP contribution in [0.1, 0.15) is 35.5 Å². The van der Waals surface area contributed by atoms with Gasteiger partial charge >= 0.3 is 0 Å². The van der Waals surface area contributed by atoms with Crippen LogP contribution in [0.25, 0.3) is 0 Å². The molecule has 5 heteroatoms. The molecule has 25 heavy (non-hydrogen) atoms. The monoisotopic (exact) mass is 358 g/mol. The van der Waals surface area contributed by atoms with Crippen LogP contribution in [0.3, 0.4) is 0 Å². The smallest absolute Gasteiger partial charge is 0.107 e. The van der Waals surface area contributed by atoms with E-state index >= 15 is 0 Å². The standard InChI is InChI=1S/C20H26N2O2S/c1-16-21-18(14-25-16)12-22-10-8-19(20(15-22)9-5-11-24-20)23-13-17-6-3-2-4-7-17/h2-4,6-7,14,19H,5,8-13,15H2,1H3/t19-,20-/m0/s1. The van der Waals surface area contributed by atoms with E-state index in [1.54, 1.807) is 11.3 Å². The zero-order valence-corrected chi connectivity index (χ0v) is 15.6. The van der Waals surface area contributed by atoms with Crippen molar-refractivity contribution >= 4 is 11.3 Å². The fraction of sp³-hybridized carbons (Fsp3) is 0.550. The molecule has 0 unspecified atom stereocenters. The van der Waals surface area contributed by atoms with Crippen LogP contribution in [-0.4, -0.2) is 41.3 Å². The molecule has 0 N–H and O–H groups in total. The van der Waals surface area contributed by atoms with Gasteiger partial charge in [-0.25, -0.2) is 4.98 Å². The molecule has 3 heterocycles. The van der Waals surface area contributed by atoms with Gasteiger partial charge in [-0.05, 0) is 31.7 Å². The molecule has 2 saturated heterocycles. The maximum absolute atomic E-state index is 6.34. The molecule has 0 bridgehead atoms. The SMILES string of the molecule is Cc1nc(CN2CC[C@H](OCc3ccccc3)[C@]3(CCCO3)C2)cs1. The minimum absolute atomic E-state index is 0.141. The van der Waals surface area contributed by atoms with Crippen LogP contribution < -0.4 is 0 Å². The summed E-state index contributed by atoms with van der Waals surface area (Å²) < 4.78 is 12.6. The summed E-state index contributed by atoms with van der Waals surface area (Å²) in [5.41, 5.74) is 2.27. The summed E-state index contributed by atoms with van der Waals surface area (Å²) in [6, 6.07) is 10.4. The van der Waals surface area contributed by atoms with Gasteiger partial charge in [0, 0.05) is 31.6 Å². The van der Waals surface area contributed by atoms with Crippen LogP contribution in [0.5, 0.6) is 0 Å². The number of nitrogens with zero attached hydrogens (tertiary/aromatic N) is 2. The van der Waals surface area contributed by atoms with Crippen molar-refractivity contribution in [1.82, 2.24) is 9.88 Å². The number of thiazole rings is 1. The van der Waals surface area contributed by atoms with Gasteiger partial charge in [0.1, 0.15) is 5.60 Å². The number of piperidine rings is 1. The second-order valence-corrected chi connectivity index (χ2v) is 8.22. The Bertz CT molecular complexity index is 682. The van der Waals surface area contributed by atoms with E-state index in [0.29, 0.717) is 6.61 Å². The number of aromatic nitrogens is 1. The van der Waals surface area contributed by atoms with Gasteiger partial charge in [-0.1, -0.05) is 30.3 Å². The van der Waals surface area contributed by atoms with Crippen molar-refractivity contribution in [3.63, 3.8) is 0 Å². The van der Waals surface area contributed by atoms with Crippen molar-refractivity contribution in [3.8, 4) is 0 Å². The summed E-state index contributed by atoms with van der Waals surface area (Å²) in [4.78, 5) is 7.11. The molecule has 4 rings (SSSR count). The molecule has 1 spiro atoms. The normalized spacial score (nSPS) is 27.2. The predicted octanol–water partition coefficient (Wildman–Crippen LogP) is 3.79. The van der Waals surface area contributed by atoms with Gasteiger partial charge in [0.2, 0.25) is 0 Å². The predicted molar refractivity (Wildman–Crippen MR) is 99.7 cm³/mol. The van der Waals surface area contributed by atoms with E-state index in [4.69, 9.17) is 9.47 Å². The fourth-order valence-electron chi connectivity index (χ4n) is 4.07. The topological polar surface area (TPSA) is 34.6 Å². The minimum Gasteiger partial charge on any atom is -0.371 e. The first-order chi connectivity index (χ1) is 12.2. The highest BCUT2D eigenvalue weighted by Crippen LogP contribution is 2.37. The van der Waals surface area contributed by atoms with Crippen molar-refractivity contribution in [1.29, 1.82) is 0 Å². The fourth-order valence-corrected chi connectivity index (χ4v) is 4.67. The summed E-state index contributed by atoms with van der Waals surface area (Å²) in [6.45, 7) is 6.50. The first kappa shape index (κ1) is 17.2. The van der Waals surface area contributed by atoms with E-state index in [2.05, 4.69) is 46.5 Å². The second-order valence-electron chi connectivity index (χ2n) is 7.16. The third kappa shape index (κ3) is 3.95. The van der Waals surface area contributed by atoms with Crippen molar-refractivity contribution < 1.29 is 9.47 Å². The Labute approximate surface area is 153 Å². The van der Waals surface area contributed by atoms with E-state index in [-0.39, 0.29) is 11.7 Å². The average Bonchev–Trinajstić information content (AvgIpc) is 3.25. The third-order valence-corrected chi connectivity index (χ3v) is 6.09. The van der Waals surface area contributed by atoms with Gasteiger partial charge in [-0.15, -0.1) is 11.3 Å². The first-order valence-corrected chi connectivity index (χ1v) is 10.0. The zero-order valence-electron chi connectivity index (χ0n) is 14.8. The Kier molecular flexibility index (Phi) is 5.17. The van der Waals surface area contributed by atoms with Crippen molar-refractivity contribution in [2.45, 2.75) is 51.0 Å². The largest absolute Gasteiger partial charge is 0.371 e. The molecule has 2 aliphatic rings. The van der Waals surface area contributed by atoms with E-state index in [9.17, 15) is 0 Å². The van der Waals surface area contributed by atoms with Crippen LogP contribution in [0.4, 0.5) is 0 Å². The Morgan fingerprint density at radius 1 is 1.36 bits per heavy atom. The molecule has 2 aliphatic heterocycles. The molecule has 1 aromatic heterocycles. The van der Waals surface area contributed by atoms with E-state index in [0.717, 1.165) is 50.5 Å². The Hall–Kier alpha value is -1.27. The zero-order chi connectivity index (χ0) is 17.1. The van der Waals surface area contributed by atoms with E-state index in [1.807, 2.05) is 6.07 Å². The summed E-state index contributed by atoms with van der Waals surface area (Å²) in [7, 11) is 0. The number of hydrogen-bond acceptors (Lipinski definition) is 5. The summed E-state index contributed by atoms with van der Waals surface area (Å²) in [5, 5.41) is 3.32. The molecule has 0 radical (unpaired) electrons. The Morgan fingerprint density at radius 3 is 2.96 bits per heavy atom. The maximum atomic E-state index is 6.34. The molecule has 2 aromatic rings. The molecule has 134 valence electrons. The van der Waals surface area contributed by atoms with Crippen molar-refractivity contribution in [3.05, 3.63) is 52.0 Å². The lowest BCUT2D eigenvalue weighted by Gasteiger charge is -2.45. The molecule has 2 fully saturated rings. The lowest BCUT2D eigenvalue weighted by atomic mass is 9.86. The molecular formula is C20H26N2O2S. The summed E-state index contributed by atoms with van der Waals surface area (Å²) in [5.74, 6) is 0. The highest BCUT2D eigenvalue weighted by molar-refractivity contribution is 7.09. The number of hydrogen-bond donors (Lipinski definition) is 0. The summed E-state index contributed by atoms with van der Waals surface area (Å²) >= 11 is 1.73. The Balaban J connectivity index is 1.41. The highest BCUT2D eigenvalue weighted by atomic mass is 32.1. The van der Waals surface area contributed by atoms with Gasteiger partial charge in [0.15, 0.2) is 0 Å². The maximum Gasteiger partial charge on any atom is 0.107 e. The van der Waals surface area contributed by atoms with Crippen LogP contribution in [0.15, 0.2) is 35.7 Å². The van der Waals surface area contributed by atoms with E-state index < -0.39 is 0 Å². The molecular weight excluding hydrogens is 332 g/mol. The van der Waals surface area contributed by atoms with Gasteiger partial charge < -0.3 is 9.47 Å². The van der Waals surface area contributed by atoms with Crippen molar-refractivity contribution in [2.24, 2.45) is 0 Å². The quantitative estimate of drug-likeness (QED) is 0.814. The lowest BCUT2D eigenvalue weighted by molar-refractivity contribution is -0.160. The molecule has 0 aliphatic carbocycles. The second kappa shape index (κ2) is 7.54. The van der Waals surface area contributed by atoms with Gasteiger partial charge in [-0.3, -0.25) is 4.90 Å². The number of rotatable bonds is 5. The third-order valence-electron chi connectivity index (χ3n) is 5.27. The highest BCUT2D eigenvalue weighted by Gasteiger charge is 2.47. The van der Waals surface area contributed by atoms with Crippen LogP contribution in [0.2, 0.25) is 0 Å². The molecule has 0 saturated carbocycles. The number of ether oxygens (including phenoxy) is 2. The van der Waals surface area contributed by atoms with Crippen LogP contribution >= 0.6 is 11.3 Å². The number of aryl methyl sites for hydroxylation is 1. The number of likely N-dealkylation sites (tertiary alicyclic amines) is 1. The molecule has 4 nitrogen and oxygen atoms in total. The molecule has 2 atom stereocenters. The summed E-state index contributed by atoms with van der Waals surface area (Å²) in [6.07, 6.45) is 3.44. The molecule has 0 amide bonds. The number of benzene rings is 1. The van der Waals surface area contributed by atoms with Gasteiger partial charge in [0.25, 0.3) is 0 Å². The minimum atomic E-state index is -0.141. The van der Waals surface area contributed by atoms with Crippen LogP contribution in [-0.2, 0) is 22.6 Å². The van der Waals surface area contributed by atoms with Gasteiger partial charge in [-0.2, -0.15) is 0 Å². The van der Waals surface area contributed by atoms with Crippen LogP contribution in [0, 0.1) is 6.92 Å². The van der Waals surface area contributed by atoms with E-state index in [1.165, 1.54) is 11.3 Å². The molecule has 1 aromatic carbocycles. The lowest BCUT2D eigenvalue weighted by Crippen LogP contribution is -2.57.